The standard InChI is InChI=1S/C10H9Cl2N3S/c11-10(12)3-6(10)4-13-8-7-1-2-16-9(7)15-5-14-8/h1-2,5-6H,3-4H2,(H,13,14,15)/t6-/m1/s1. The maximum Gasteiger partial charge on any atom is 0.138 e. The lowest BCUT2D eigenvalue weighted by Crippen LogP contribution is -2.08. The van der Waals surface area contributed by atoms with Gasteiger partial charge >= 0.3 is 0 Å². The van der Waals surface area contributed by atoms with Crippen LogP contribution in [0.1, 0.15) is 6.42 Å². The van der Waals surface area contributed by atoms with Crippen molar-refractivity contribution in [2.24, 2.45) is 5.92 Å². The number of aromatic nitrogens is 2. The summed E-state index contributed by atoms with van der Waals surface area (Å²) in [6, 6.07) is 2.02. The molecular formula is C10H9Cl2N3S. The Morgan fingerprint density at radius 1 is 1.50 bits per heavy atom. The highest BCUT2D eigenvalue weighted by molar-refractivity contribution is 7.16. The molecule has 1 N–H and O–H groups in total. The Kier molecular flexibility index (Phi) is 2.46. The Labute approximate surface area is 107 Å². The van der Waals surface area contributed by atoms with Gasteiger partial charge in [0.15, 0.2) is 0 Å². The van der Waals surface area contributed by atoms with Crippen molar-refractivity contribution in [3.8, 4) is 0 Å². The van der Waals surface area contributed by atoms with E-state index in [1.807, 2.05) is 11.4 Å². The summed E-state index contributed by atoms with van der Waals surface area (Å²) in [6.45, 7) is 0.759. The summed E-state index contributed by atoms with van der Waals surface area (Å²) in [5, 5.41) is 6.35. The molecule has 16 heavy (non-hydrogen) atoms. The van der Waals surface area contributed by atoms with Gasteiger partial charge in [-0.1, -0.05) is 0 Å². The van der Waals surface area contributed by atoms with Crippen LogP contribution in [-0.4, -0.2) is 20.8 Å². The average Bonchev–Trinajstić information content (AvgIpc) is 2.68. The molecule has 1 atom stereocenters. The second-order valence-electron chi connectivity index (χ2n) is 3.90. The molecule has 1 fully saturated rings. The number of anilines is 1. The predicted molar refractivity (Wildman–Crippen MR) is 68.4 cm³/mol. The van der Waals surface area contributed by atoms with Gasteiger partial charge in [-0.05, 0) is 17.9 Å². The summed E-state index contributed by atoms with van der Waals surface area (Å²) in [5.41, 5.74) is 0. The molecule has 0 unspecified atom stereocenters. The minimum Gasteiger partial charge on any atom is -0.369 e. The van der Waals surface area contributed by atoms with Crippen molar-refractivity contribution in [1.29, 1.82) is 0 Å². The van der Waals surface area contributed by atoms with Crippen molar-refractivity contribution in [2.45, 2.75) is 10.8 Å². The number of alkyl halides is 2. The molecule has 0 aliphatic heterocycles. The zero-order valence-corrected chi connectivity index (χ0v) is 10.6. The number of nitrogens with one attached hydrogen (secondary N) is 1. The minimum atomic E-state index is -0.534. The predicted octanol–water partition coefficient (Wildman–Crippen LogP) is 3.30. The summed E-state index contributed by atoms with van der Waals surface area (Å²) < 4.78 is -0.534. The SMILES string of the molecule is ClC1(Cl)C[C@@H]1CNc1ncnc2sccc12. The van der Waals surface area contributed by atoms with E-state index < -0.39 is 4.33 Å². The quantitative estimate of drug-likeness (QED) is 0.873. The summed E-state index contributed by atoms with van der Waals surface area (Å²) >= 11 is 13.5. The third-order valence-corrected chi connectivity index (χ3v) is 4.48. The van der Waals surface area contributed by atoms with Gasteiger partial charge in [-0.3, -0.25) is 0 Å². The van der Waals surface area contributed by atoms with Crippen LogP contribution >= 0.6 is 34.5 Å². The molecule has 0 saturated heterocycles. The highest BCUT2D eigenvalue weighted by Crippen LogP contribution is 2.52. The zero-order chi connectivity index (χ0) is 11.2. The maximum atomic E-state index is 5.97. The topological polar surface area (TPSA) is 37.8 Å². The van der Waals surface area contributed by atoms with Crippen LogP contribution in [0.5, 0.6) is 0 Å². The molecule has 0 amide bonds. The van der Waals surface area contributed by atoms with Crippen LogP contribution in [0, 0.1) is 5.92 Å². The molecule has 3 rings (SSSR count). The van der Waals surface area contributed by atoms with Crippen molar-refractivity contribution in [2.75, 3.05) is 11.9 Å². The number of hydrogen-bond donors (Lipinski definition) is 1. The Morgan fingerprint density at radius 2 is 2.31 bits per heavy atom. The smallest absolute Gasteiger partial charge is 0.138 e. The monoisotopic (exact) mass is 273 g/mol. The van der Waals surface area contributed by atoms with Gasteiger partial charge in [-0.2, -0.15) is 0 Å². The van der Waals surface area contributed by atoms with Crippen LogP contribution in [-0.2, 0) is 0 Å². The molecule has 0 aromatic carbocycles. The lowest BCUT2D eigenvalue weighted by Gasteiger charge is -2.05. The van der Waals surface area contributed by atoms with Gasteiger partial charge in [0.05, 0.1) is 5.39 Å². The van der Waals surface area contributed by atoms with E-state index >= 15 is 0 Å². The third kappa shape index (κ3) is 1.85. The molecule has 2 aromatic heterocycles. The summed E-state index contributed by atoms with van der Waals surface area (Å²) in [5.74, 6) is 1.18. The lowest BCUT2D eigenvalue weighted by molar-refractivity contribution is 0.870. The minimum absolute atomic E-state index is 0.319. The van der Waals surface area contributed by atoms with Crippen LogP contribution in [0.3, 0.4) is 0 Å². The maximum absolute atomic E-state index is 5.97. The van der Waals surface area contributed by atoms with E-state index in [0.29, 0.717) is 5.92 Å². The fraction of sp³-hybridized carbons (Fsp3) is 0.400. The molecule has 2 heterocycles. The Morgan fingerprint density at radius 3 is 3.06 bits per heavy atom. The summed E-state index contributed by atoms with van der Waals surface area (Å²) in [6.07, 6.45) is 2.42. The van der Waals surface area contributed by atoms with Gasteiger partial charge < -0.3 is 5.32 Å². The van der Waals surface area contributed by atoms with Crippen molar-refractivity contribution in [1.82, 2.24) is 9.97 Å². The van der Waals surface area contributed by atoms with Gasteiger partial charge in [-0.25, -0.2) is 9.97 Å². The Bertz CT molecular complexity index is 526. The van der Waals surface area contributed by atoms with Crippen LogP contribution in [0.15, 0.2) is 17.8 Å². The van der Waals surface area contributed by atoms with Gasteiger partial charge in [-0.15, -0.1) is 34.5 Å². The normalized spacial score (nSPS) is 22.2. The molecule has 1 saturated carbocycles. The first kappa shape index (κ1) is 10.6. The van der Waals surface area contributed by atoms with Crippen molar-refractivity contribution in [3.63, 3.8) is 0 Å². The van der Waals surface area contributed by atoms with Gasteiger partial charge in [0.2, 0.25) is 0 Å². The second-order valence-corrected chi connectivity index (χ2v) is 6.34. The number of hydrogen-bond acceptors (Lipinski definition) is 4. The highest BCUT2D eigenvalue weighted by atomic mass is 35.5. The Balaban J connectivity index is 1.77. The molecule has 6 heteroatoms. The van der Waals surface area contributed by atoms with E-state index in [4.69, 9.17) is 23.2 Å². The van der Waals surface area contributed by atoms with Gasteiger partial charge in [0, 0.05) is 12.5 Å². The zero-order valence-electron chi connectivity index (χ0n) is 8.28. The molecule has 0 bridgehead atoms. The molecule has 2 aromatic rings. The number of thiophene rings is 1. The van der Waals surface area contributed by atoms with E-state index in [1.54, 1.807) is 17.7 Å². The average molecular weight is 274 g/mol. The van der Waals surface area contributed by atoms with E-state index in [2.05, 4.69) is 15.3 Å². The first-order valence-electron chi connectivity index (χ1n) is 4.97. The van der Waals surface area contributed by atoms with Crippen LogP contribution < -0.4 is 5.32 Å². The molecular weight excluding hydrogens is 265 g/mol. The van der Waals surface area contributed by atoms with E-state index in [-0.39, 0.29) is 0 Å². The third-order valence-electron chi connectivity index (χ3n) is 2.73. The Hall–Kier alpha value is -0.580. The number of rotatable bonds is 3. The lowest BCUT2D eigenvalue weighted by atomic mass is 10.3. The summed E-state index contributed by atoms with van der Waals surface area (Å²) in [7, 11) is 0. The molecule has 84 valence electrons. The fourth-order valence-corrected chi connectivity index (χ4v) is 2.90. The largest absolute Gasteiger partial charge is 0.369 e. The van der Waals surface area contributed by atoms with E-state index in [0.717, 1.165) is 29.0 Å². The first-order chi connectivity index (χ1) is 7.67. The number of halogens is 2. The summed E-state index contributed by atoms with van der Waals surface area (Å²) in [4.78, 5) is 9.41. The highest BCUT2D eigenvalue weighted by Gasteiger charge is 2.51. The van der Waals surface area contributed by atoms with Crippen molar-refractivity contribution >= 4 is 50.6 Å². The van der Waals surface area contributed by atoms with Crippen molar-refractivity contribution < 1.29 is 0 Å². The van der Waals surface area contributed by atoms with Crippen LogP contribution in [0.25, 0.3) is 10.2 Å². The molecule has 0 radical (unpaired) electrons. The van der Waals surface area contributed by atoms with Crippen LogP contribution in [0.2, 0.25) is 0 Å². The first-order valence-corrected chi connectivity index (χ1v) is 6.60. The van der Waals surface area contributed by atoms with Gasteiger partial charge in [0.25, 0.3) is 0 Å². The number of fused-ring (bicyclic) bond motifs is 1. The molecule has 1 aliphatic rings. The van der Waals surface area contributed by atoms with Crippen molar-refractivity contribution in [3.05, 3.63) is 17.8 Å². The molecule has 0 spiro atoms. The number of nitrogens with zero attached hydrogens (tertiary/aromatic N) is 2. The van der Waals surface area contributed by atoms with Crippen LogP contribution in [0.4, 0.5) is 5.82 Å². The fourth-order valence-electron chi connectivity index (χ4n) is 1.64. The second kappa shape index (κ2) is 3.72. The molecule has 1 aliphatic carbocycles. The van der Waals surface area contributed by atoms with E-state index in [9.17, 15) is 0 Å². The van der Waals surface area contributed by atoms with E-state index in [1.165, 1.54) is 0 Å². The van der Waals surface area contributed by atoms with Gasteiger partial charge in [0.1, 0.15) is 21.3 Å². The molecule has 3 nitrogen and oxygen atoms in total.